The van der Waals surface area contributed by atoms with Crippen LogP contribution in [0.3, 0.4) is 0 Å². The highest BCUT2D eigenvalue weighted by Crippen LogP contribution is 2.61. The molecule has 0 aromatic rings. The van der Waals surface area contributed by atoms with Crippen LogP contribution in [0.1, 0.15) is 193 Å². The first kappa shape index (κ1) is 37.0. The number of aliphatic hydroxyl groups is 1. The van der Waals surface area contributed by atoms with Gasteiger partial charge >= 0.3 is 0 Å². The van der Waals surface area contributed by atoms with Crippen LogP contribution in [0.2, 0.25) is 0 Å². The van der Waals surface area contributed by atoms with Gasteiger partial charge in [0.15, 0.2) is 0 Å². The minimum Gasteiger partial charge on any atom is -0.392 e. The van der Waals surface area contributed by atoms with Gasteiger partial charge in [-0.15, -0.1) is 0 Å². The number of hydrogen-bond acceptors (Lipinski definition) is 3. The van der Waals surface area contributed by atoms with E-state index in [4.69, 9.17) is 0 Å². The number of amides is 1. The minimum atomic E-state index is -0.421. The molecule has 0 radical (unpaired) electrons. The molecular formula is C48H80N2O2. The van der Waals surface area contributed by atoms with Crippen molar-refractivity contribution in [2.45, 2.75) is 223 Å². The van der Waals surface area contributed by atoms with Crippen LogP contribution in [-0.2, 0) is 4.79 Å². The van der Waals surface area contributed by atoms with Gasteiger partial charge in [0.2, 0.25) is 5.91 Å². The average molecular weight is 717 g/mol. The van der Waals surface area contributed by atoms with Crippen LogP contribution in [0.5, 0.6) is 0 Å². The maximum absolute atomic E-state index is 13.3. The van der Waals surface area contributed by atoms with Gasteiger partial charge in [-0.05, 0) is 194 Å². The lowest BCUT2D eigenvalue weighted by molar-refractivity contribution is -0.134. The van der Waals surface area contributed by atoms with Crippen molar-refractivity contribution in [3.05, 3.63) is 0 Å². The summed E-state index contributed by atoms with van der Waals surface area (Å²) in [7, 11) is 0. The van der Waals surface area contributed by atoms with Crippen molar-refractivity contribution in [2.75, 3.05) is 0 Å². The zero-order chi connectivity index (χ0) is 35.2. The van der Waals surface area contributed by atoms with Gasteiger partial charge in [-0.1, -0.05) is 64.7 Å². The molecule has 0 aromatic carbocycles. The largest absolute Gasteiger partial charge is 0.392 e. The fraction of sp³-hybridized carbons (Fsp3) is 0.979. The predicted molar refractivity (Wildman–Crippen MR) is 213 cm³/mol. The summed E-state index contributed by atoms with van der Waals surface area (Å²) >= 11 is 0. The van der Waals surface area contributed by atoms with Crippen molar-refractivity contribution in [3.8, 4) is 0 Å². The first-order chi connectivity index (χ1) is 25.5. The van der Waals surface area contributed by atoms with Gasteiger partial charge in [0.25, 0.3) is 0 Å². The third kappa shape index (κ3) is 7.72. The summed E-state index contributed by atoms with van der Waals surface area (Å²) in [4.78, 5) is 16.7. The summed E-state index contributed by atoms with van der Waals surface area (Å²) in [6.07, 6.45) is 40.2. The molecule has 9 aliphatic rings. The Kier molecular flexibility index (Phi) is 11.7. The van der Waals surface area contributed by atoms with E-state index in [-0.39, 0.29) is 11.8 Å². The Bertz CT molecular complexity index is 1160. The maximum Gasteiger partial charge on any atom is 0.225 e. The Morgan fingerprint density at radius 2 is 1.10 bits per heavy atom. The molecular weight excluding hydrogens is 637 g/mol. The van der Waals surface area contributed by atoms with Crippen molar-refractivity contribution < 1.29 is 9.90 Å². The highest BCUT2D eigenvalue weighted by molar-refractivity contribution is 5.79. The molecule has 0 bridgehead atoms. The van der Waals surface area contributed by atoms with E-state index in [1.54, 1.807) is 51.4 Å². The Hall–Kier alpha value is -0.610. The number of rotatable bonds is 8. The Balaban J connectivity index is 0.761. The van der Waals surface area contributed by atoms with E-state index in [9.17, 15) is 9.90 Å². The van der Waals surface area contributed by atoms with Crippen molar-refractivity contribution >= 4 is 5.91 Å². The zero-order valence-electron chi connectivity index (χ0n) is 33.6. The van der Waals surface area contributed by atoms with E-state index < -0.39 is 6.10 Å². The topological polar surface area (TPSA) is 52.6 Å². The van der Waals surface area contributed by atoms with Crippen LogP contribution in [0, 0.1) is 71.0 Å². The van der Waals surface area contributed by atoms with Crippen LogP contribution in [0.25, 0.3) is 0 Å². The number of nitrogens with zero attached hydrogens (tertiary/aromatic N) is 1. The molecule has 9 aliphatic carbocycles. The quantitative estimate of drug-likeness (QED) is 0.263. The average Bonchev–Trinajstić information content (AvgIpc) is 3.18. The number of carbonyl (C=O) groups is 1. The SMILES string of the molecule is CC1CCC(N(C2CCC(CCC3CCC(NC(=O)C4CC5CCCCC5CC4O)CC3)CC2)C2CCC3CCC4CCCC5CCC2C3C45)CC1. The minimum absolute atomic E-state index is 0.161. The van der Waals surface area contributed by atoms with E-state index in [0.29, 0.717) is 17.9 Å². The molecule has 4 heteroatoms. The number of fused-ring (bicyclic) bond motifs is 1. The Morgan fingerprint density at radius 1 is 0.558 bits per heavy atom. The number of hydrogen-bond donors (Lipinski definition) is 2. The van der Waals surface area contributed by atoms with Gasteiger partial charge in [0.05, 0.1) is 12.0 Å². The molecule has 2 N–H and O–H groups in total. The van der Waals surface area contributed by atoms with E-state index >= 15 is 0 Å². The molecule has 9 fully saturated rings. The normalized spacial score (nSPS) is 49.4. The Labute approximate surface area is 319 Å². The lowest BCUT2D eigenvalue weighted by Gasteiger charge is -2.62. The molecule has 0 spiro atoms. The summed E-state index contributed by atoms with van der Waals surface area (Å²) < 4.78 is 0. The molecule has 0 aromatic heterocycles. The molecule has 11 unspecified atom stereocenters. The highest BCUT2D eigenvalue weighted by Gasteiger charge is 2.55. The van der Waals surface area contributed by atoms with Crippen LogP contribution in [0.4, 0.5) is 0 Å². The van der Waals surface area contributed by atoms with Crippen LogP contribution in [0.15, 0.2) is 0 Å². The second-order valence-electron chi connectivity index (χ2n) is 21.6. The van der Waals surface area contributed by atoms with Crippen molar-refractivity contribution in [3.63, 3.8) is 0 Å². The first-order valence-electron chi connectivity index (χ1n) is 24.2. The highest BCUT2D eigenvalue weighted by atomic mass is 16.3. The van der Waals surface area contributed by atoms with Crippen LogP contribution < -0.4 is 5.32 Å². The summed E-state index contributed by atoms with van der Waals surface area (Å²) in [5, 5.41) is 14.3. The third-order valence-corrected chi connectivity index (χ3v) is 19.0. The van der Waals surface area contributed by atoms with Gasteiger partial charge in [-0.2, -0.15) is 0 Å². The monoisotopic (exact) mass is 717 g/mol. The molecule has 0 aliphatic heterocycles. The number of nitrogens with one attached hydrogen (secondary N) is 1. The van der Waals surface area contributed by atoms with Gasteiger partial charge in [0.1, 0.15) is 0 Å². The molecule has 294 valence electrons. The molecule has 9 saturated carbocycles. The summed E-state index contributed by atoms with van der Waals surface area (Å²) in [6, 6.07) is 2.99. The summed E-state index contributed by atoms with van der Waals surface area (Å²) in [5.74, 6) is 10.6. The predicted octanol–water partition coefficient (Wildman–Crippen LogP) is 11.1. The Morgan fingerprint density at radius 3 is 1.77 bits per heavy atom. The second-order valence-corrected chi connectivity index (χ2v) is 21.6. The molecule has 52 heavy (non-hydrogen) atoms. The second kappa shape index (κ2) is 16.5. The van der Waals surface area contributed by atoms with E-state index in [2.05, 4.69) is 17.1 Å². The van der Waals surface area contributed by atoms with Crippen molar-refractivity contribution in [1.29, 1.82) is 0 Å². The van der Waals surface area contributed by atoms with Gasteiger partial charge in [-0.3, -0.25) is 9.69 Å². The van der Waals surface area contributed by atoms with Gasteiger partial charge in [-0.25, -0.2) is 0 Å². The van der Waals surface area contributed by atoms with E-state index in [0.717, 1.165) is 97.1 Å². The molecule has 4 nitrogen and oxygen atoms in total. The summed E-state index contributed by atoms with van der Waals surface area (Å²) in [6.45, 7) is 2.53. The van der Waals surface area contributed by atoms with Crippen LogP contribution in [-0.4, -0.2) is 46.2 Å². The zero-order valence-corrected chi connectivity index (χ0v) is 33.6. The van der Waals surface area contributed by atoms with Gasteiger partial charge < -0.3 is 10.4 Å². The molecule has 0 heterocycles. The smallest absolute Gasteiger partial charge is 0.225 e. The van der Waals surface area contributed by atoms with E-state index in [1.165, 1.54) is 109 Å². The van der Waals surface area contributed by atoms with Crippen LogP contribution >= 0.6 is 0 Å². The standard InChI is InChI=1S/C48H80N2O2/c1-31-9-23-40(24-10-31)50(44-28-20-36-18-17-34-7-4-8-35-19-27-42(44)47(36)46(34)35)41-25-15-33(16-26-41)12-11-32-13-21-39(22-14-32)49-48(52)43-29-37-5-2-3-6-38(37)30-45(43)51/h31-47,51H,2-30H2,1H3,(H,49,52). The fourth-order valence-corrected chi connectivity index (χ4v) is 16.3. The van der Waals surface area contributed by atoms with Gasteiger partial charge in [0, 0.05) is 24.2 Å². The molecule has 11 atom stereocenters. The number of aliphatic hydroxyl groups excluding tert-OH is 1. The fourth-order valence-electron chi connectivity index (χ4n) is 16.3. The van der Waals surface area contributed by atoms with E-state index in [1.807, 2.05) is 0 Å². The number of carbonyl (C=O) groups excluding carboxylic acids is 1. The van der Waals surface area contributed by atoms with Crippen molar-refractivity contribution in [2.24, 2.45) is 71.0 Å². The van der Waals surface area contributed by atoms with Crippen molar-refractivity contribution in [1.82, 2.24) is 10.2 Å². The lowest BCUT2D eigenvalue weighted by Crippen LogP contribution is -2.61. The molecule has 0 saturated heterocycles. The first-order valence-corrected chi connectivity index (χ1v) is 24.2. The molecule has 1 amide bonds. The third-order valence-electron chi connectivity index (χ3n) is 19.0. The molecule has 9 rings (SSSR count). The summed E-state index contributed by atoms with van der Waals surface area (Å²) in [5.41, 5.74) is 0. The lowest BCUT2D eigenvalue weighted by atomic mass is 9.47. The maximum atomic E-state index is 13.3.